The molecule has 10 rings (SSSR count). The second kappa shape index (κ2) is 8.92. The number of benzene rings is 4. The summed E-state index contributed by atoms with van der Waals surface area (Å²) in [7, 11) is 0. The molecule has 3 aliphatic rings. The summed E-state index contributed by atoms with van der Waals surface area (Å²) >= 11 is 0. The summed E-state index contributed by atoms with van der Waals surface area (Å²) in [6.45, 7) is 8.39. The summed E-state index contributed by atoms with van der Waals surface area (Å²) in [6, 6.07) is 33.2. The number of nitrogens with zero attached hydrogens (tertiary/aromatic N) is 2. The van der Waals surface area contributed by atoms with Gasteiger partial charge in [-0.1, -0.05) is 68.5 Å². The average molecular weight is 596 g/mol. The molecule has 0 radical (unpaired) electrons. The molecule has 0 N–H and O–H groups in total. The van der Waals surface area contributed by atoms with E-state index in [1.165, 1.54) is 50.2 Å². The molecule has 1 atom stereocenters. The number of hydrogen-bond acceptors (Lipinski definition) is 1. The van der Waals surface area contributed by atoms with Crippen LogP contribution in [0, 0.1) is 13.8 Å². The van der Waals surface area contributed by atoms with Crippen LogP contribution in [0.2, 0.25) is 0 Å². The minimum Gasteiger partial charge on any atom is -0.454 e. The van der Waals surface area contributed by atoms with Crippen LogP contribution < -0.4 is 9.13 Å². The summed E-state index contributed by atoms with van der Waals surface area (Å²) in [5.74, 6) is -0.855. The molecule has 3 heteroatoms. The van der Waals surface area contributed by atoms with Gasteiger partial charge in [0.05, 0.1) is 5.56 Å². The summed E-state index contributed by atoms with van der Waals surface area (Å²) in [6.07, 6.45) is 9.88. The normalized spacial score (nSPS) is 17.3. The van der Waals surface area contributed by atoms with E-state index in [0.717, 1.165) is 50.7 Å². The number of aromatic nitrogens is 2. The standard InChI is InChI=1S/C43H34N2O/c1-25(2)34-24-45-38(23-33(34)39-26(3)11-9-12-27(39)4)40-36(43(45)35-16-6-5-14-32(35)37-17-7-8-22-44(37)43)21-20-31-30-19-18-28-13-10-15-29(28)41(30)46-42(31)40/h5-12,14-25H,13H2,1-4H3/q+2/i25D. The van der Waals surface area contributed by atoms with Crippen LogP contribution in [0.4, 0.5) is 0 Å². The Bertz CT molecular complexity index is 2500. The van der Waals surface area contributed by atoms with E-state index < -0.39 is 11.6 Å². The van der Waals surface area contributed by atoms with E-state index in [4.69, 9.17) is 4.42 Å². The van der Waals surface area contributed by atoms with Gasteiger partial charge in [0.2, 0.25) is 11.4 Å². The summed E-state index contributed by atoms with van der Waals surface area (Å²) in [4.78, 5) is 0. The number of hydrogen-bond donors (Lipinski definition) is 0. The number of aryl methyl sites for hydroxylation is 2. The Morgan fingerprint density at radius 1 is 0.739 bits per heavy atom. The zero-order valence-electron chi connectivity index (χ0n) is 27.5. The minimum atomic E-state index is -0.855. The summed E-state index contributed by atoms with van der Waals surface area (Å²) in [5.41, 5.74) is 16.5. The van der Waals surface area contributed by atoms with E-state index in [1.54, 1.807) is 0 Å². The van der Waals surface area contributed by atoms with Crippen LogP contribution in [0.15, 0.2) is 114 Å². The maximum atomic E-state index is 9.51. The molecule has 5 heterocycles. The second-order valence-corrected chi connectivity index (χ2v) is 13.4. The van der Waals surface area contributed by atoms with E-state index in [0.29, 0.717) is 0 Å². The van der Waals surface area contributed by atoms with Gasteiger partial charge in [0.15, 0.2) is 12.4 Å². The SMILES string of the molecule is [2H]C(C)(C)c1c[n+]2c(cc1-c1c(C)cccc1C)-c1c(ccc3c1oc1c4c(ccc13)CC=C4)C21c2ccccc2-c2cccc[n+]21. The quantitative estimate of drug-likeness (QED) is 0.182. The van der Waals surface area contributed by atoms with Crippen molar-refractivity contribution in [2.45, 2.75) is 45.7 Å². The van der Waals surface area contributed by atoms with Crippen LogP contribution in [0.5, 0.6) is 0 Å². The maximum Gasteiger partial charge on any atom is 0.417 e. The van der Waals surface area contributed by atoms with E-state index in [9.17, 15) is 1.37 Å². The first kappa shape index (κ1) is 25.0. The first-order valence-electron chi connectivity index (χ1n) is 16.8. The van der Waals surface area contributed by atoms with E-state index in [1.807, 2.05) is 13.8 Å². The van der Waals surface area contributed by atoms with Gasteiger partial charge in [-0.15, -0.1) is 9.13 Å². The van der Waals surface area contributed by atoms with Gasteiger partial charge in [0, 0.05) is 41.5 Å². The summed E-state index contributed by atoms with van der Waals surface area (Å²) < 4.78 is 21.4. The molecule has 220 valence electrons. The highest BCUT2D eigenvalue weighted by molar-refractivity contribution is 6.12. The van der Waals surface area contributed by atoms with Crippen LogP contribution in [-0.4, -0.2) is 0 Å². The van der Waals surface area contributed by atoms with Gasteiger partial charge in [0.25, 0.3) is 0 Å². The maximum absolute atomic E-state index is 9.51. The highest BCUT2D eigenvalue weighted by Gasteiger charge is 2.67. The Kier molecular flexibility index (Phi) is 4.84. The van der Waals surface area contributed by atoms with Crippen molar-refractivity contribution in [1.29, 1.82) is 0 Å². The molecule has 3 nitrogen and oxygen atoms in total. The van der Waals surface area contributed by atoms with Gasteiger partial charge >= 0.3 is 5.66 Å². The lowest BCUT2D eigenvalue weighted by molar-refractivity contribution is -0.955. The number of pyridine rings is 2. The molecule has 3 aromatic heterocycles. The Morgan fingerprint density at radius 3 is 2.37 bits per heavy atom. The minimum absolute atomic E-state index is 0.688. The Hall–Kier alpha value is -5.28. The Labute approximate surface area is 270 Å². The molecule has 2 aliphatic heterocycles. The zero-order valence-corrected chi connectivity index (χ0v) is 26.5. The van der Waals surface area contributed by atoms with Gasteiger partial charge < -0.3 is 4.42 Å². The highest BCUT2D eigenvalue weighted by Crippen LogP contribution is 2.52. The molecular weight excluding hydrogens is 560 g/mol. The predicted molar refractivity (Wildman–Crippen MR) is 185 cm³/mol. The molecule has 0 fully saturated rings. The van der Waals surface area contributed by atoms with Crippen molar-refractivity contribution in [3.63, 3.8) is 0 Å². The second-order valence-electron chi connectivity index (χ2n) is 13.4. The van der Waals surface area contributed by atoms with Crippen molar-refractivity contribution in [1.82, 2.24) is 0 Å². The van der Waals surface area contributed by atoms with Gasteiger partial charge in [-0.3, -0.25) is 0 Å². The average Bonchev–Trinajstić information content (AvgIpc) is 3.82. The van der Waals surface area contributed by atoms with Crippen molar-refractivity contribution in [3.05, 3.63) is 148 Å². The van der Waals surface area contributed by atoms with Crippen LogP contribution in [0.1, 0.15) is 60.1 Å². The molecule has 0 bridgehead atoms. The molecule has 1 spiro atoms. The van der Waals surface area contributed by atoms with Gasteiger partial charge in [0.1, 0.15) is 27.9 Å². The molecule has 0 saturated carbocycles. The number of rotatable bonds is 2. The van der Waals surface area contributed by atoms with Crippen molar-refractivity contribution >= 4 is 28.0 Å². The monoisotopic (exact) mass is 595 g/mol. The third kappa shape index (κ3) is 3.04. The molecule has 1 aliphatic carbocycles. The predicted octanol–water partition coefficient (Wildman–Crippen LogP) is 9.40. The molecule has 1 unspecified atom stereocenters. The number of furan rings is 1. The lowest BCUT2D eigenvalue weighted by Crippen LogP contribution is -2.71. The fourth-order valence-corrected chi connectivity index (χ4v) is 8.77. The largest absolute Gasteiger partial charge is 0.454 e. The van der Waals surface area contributed by atoms with Crippen molar-refractivity contribution in [3.8, 4) is 33.6 Å². The molecule has 4 aromatic carbocycles. The number of allylic oxidation sites excluding steroid dienone is 1. The zero-order chi connectivity index (χ0) is 31.8. The van der Waals surface area contributed by atoms with Gasteiger partial charge in [-0.05, 0) is 84.3 Å². The van der Waals surface area contributed by atoms with E-state index in [2.05, 4.69) is 139 Å². The number of fused-ring (bicyclic) bond motifs is 16. The topological polar surface area (TPSA) is 20.9 Å². The molecular formula is C43H34N2O+2. The Balaban J connectivity index is 1.43. The molecule has 7 aromatic rings. The van der Waals surface area contributed by atoms with Crippen LogP contribution in [0.3, 0.4) is 0 Å². The van der Waals surface area contributed by atoms with Crippen LogP contribution in [0.25, 0.3) is 61.7 Å². The molecule has 0 amide bonds. The lowest BCUT2D eigenvalue weighted by atomic mass is 9.88. The summed E-state index contributed by atoms with van der Waals surface area (Å²) in [5, 5.41) is 2.29. The first-order valence-corrected chi connectivity index (χ1v) is 16.3. The van der Waals surface area contributed by atoms with E-state index in [-0.39, 0.29) is 0 Å². The molecule has 0 saturated heterocycles. The third-order valence-electron chi connectivity index (χ3n) is 10.7. The van der Waals surface area contributed by atoms with Crippen molar-refractivity contribution in [2.24, 2.45) is 0 Å². The van der Waals surface area contributed by atoms with Crippen LogP contribution in [-0.2, 0) is 12.1 Å². The lowest BCUT2D eigenvalue weighted by Gasteiger charge is -2.20. The van der Waals surface area contributed by atoms with Crippen molar-refractivity contribution in [2.75, 3.05) is 0 Å². The van der Waals surface area contributed by atoms with Crippen LogP contribution >= 0.6 is 0 Å². The molecule has 46 heavy (non-hydrogen) atoms. The first-order chi connectivity index (χ1) is 22.8. The van der Waals surface area contributed by atoms with Crippen molar-refractivity contribution < 1.29 is 14.9 Å². The fraction of sp³-hybridized carbons (Fsp3) is 0.163. The fourth-order valence-electron chi connectivity index (χ4n) is 8.77. The highest BCUT2D eigenvalue weighted by atomic mass is 16.3. The van der Waals surface area contributed by atoms with Gasteiger partial charge in [-0.25, -0.2) is 0 Å². The third-order valence-corrected chi connectivity index (χ3v) is 10.7. The smallest absolute Gasteiger partial charge is 0.417 e. The van der Waals surface area contributed by atoms with E-state index >= 15 is 0 Å². The Morgan fingerprint density at radius 2 is 1.52 bits per heavy atom. The van der Waals surface area contributed by atoms with Gasteiger partial charge in [-0.2, -0.15) is 0 Å².